The van der Waals surface area contributed by atoms with Gasteiger partial charge in [-0.05, 0) is 50.8 Å². The highest BCUT2D eigenvalue weighted by molar-refractivity contribution is 5.80. The molecule has 1 N–H and O–H groups in total. The van der Waals surface area contributed by atoms with Gasteiger partial charge in [0, 0.05) is 32.1 Å². The predicted octanol–water partition coefficient (Wildman–Crippen LogP) is 4.00. The van der Waals surface area contributed by atoms with Gasteiger partial charge in [0.05, 0.1) is 5.54 Å². The largest absolute Gasteiger partial charge is 0.339 e. The summed E-state index contributed by atoms with van der Waals surface area (Å²) in [5.41, 5.74) is 2.65. The summed E-state index contributed by atoms with van der Waals surface area (Å²) >= 11 is 0. The molecule has 0 spiro atoms. The highest BCUT2D eigenvalue weighted by Crippen LogP contribution is 2.27. The molecule has 1 saturated heterocycles. The molecule has 3 rings (SSSR count). The average molecular weight is 384 g/mol. The third-order valence-electron chi connectivity index (χ3n) is 6.08. The van der Waals surface area contributed by atoms with Crippen LogP contribution in [0.2, 0.25) is 0 Å². The van der Waals surface area contributed by atoms with E-state index in [1.54, 1.807) is 0 Å². The van der Waals surface area contributed by atoms with Crippen molar-refractivity contribution in [3.63, 3.8) is 0 Å². The normalized spacial score (nSPS) is 18.2. The first-order valence-electron chi connectivity index (χ1n) is 10.4. The lowest BCUT2D eigenvalue weighted by Gasteiger charge is -2.38. The second-order valence-electron chi connectivity index (χ2n) is 8.71. The number of rotatable bonds is 4. The maximum Gasteiger partial charge on any atom is 0.318 e. The van der Waals surface area contributed by atoms with Gasteiger partial charge in [0.15, 0.2) is 0 Å². The highest BCUT2D eigenvalue weighted by Gasteiger charge is 2.32. The van der Waals surface area contributed by atoms with E-state index in [2.05, 4.69) is 18.0 Å². The first-order valence-corrected chi connectivity index (χ1v) is 10.4. The monoisotopic (exact) mass is 383 g/mol. The fourth-order valence-corrected chi connectivity index (χ4v) is 4.15. The van der Waals surface area contributed by atoms with Crippen LogP contribution in [0.5, 0.6) is 0 Å². The molecule has 2 aliphatic rings. The Labute approximate surface area is 168 Å². The van der Waals surface area contributed by atoms with Crippen LogP contribution in [-0.4, -0.2) is 47.9 Å². The fourth-order valence-electron chi connectivity index (χ4n) is 4.15. The maximum atomic E-state index is 12.8. The van der Waals surface area contributed by atoms with Gasteiger partial charge in [-0.3, -0.25) is 4.79 Å². The van der Waals surface area contributed by atoms with E-state index in [1.807, 2.05) is 48.8 Å². The van der Waals surface area contributed by atoms with Crippen molar-refractivity contribution in [3.8, 4) is 0 Å². The van der Waals surface area contributed by atoms with Crippen LogP contribution in [0.4, 0.5) is 4.79 Å². The predicted molar refractivity (Wildman–Crippen MR) is 113 cm³/mol. The molecule has 1 aromatic rings. The third-order valence-corrected chi connectivity index (χ3v) is 6.08. The van der Waals surface area contributed by atoms with Crippen LogP contribution < -0.4 is 5.32 Å². The van der Waals surface area contributed by atoms with Crippen LogP contribution in [-0.2, 0) is 10.3 Å². The number of nitrogens with one attached hydrogen (secondary N) is 1. The maximum absolute atomic E-state index is 12.8. The van der Waals surface area contributed by atoms with Gasteiger partial charge < -0.3 is 15.1 Å². The Morgan fingerprint density at radius 3 is 2.29 bits per heavy atom. The summed E-state index contributed by atoms with van der Waals surface area (Å²) in [6.07, 6.45) is 4.38. The second kappa shape index (κ2) is 8.38. The van der Waals surface area contributed by atoms with E-state index in [9.17, 15) is 9.59 Å². The molecule has 1 aromatic carbocycles. The Kier molecular flexibility index (Phi) is 6.11. The van der Waals surface area contributed by atoms with Crippen molar-refractivity contribution in [3.05, 3.63) is 42.0 Å². The van der Waals surface area contributed by atoms with Crippen molar-refractivity contribution >= 4 is 17.5 Å². The number of piperazine rings is 1. The Bertz CT molecular complexity index is 742. The second-order valence-corrected chi connectivity index (χ2v) is 8.71. The van der Waals surface area contributed by atoms with Gasteiger partial charge in [0.1, 0.15) is 0 Å². The number of hydrogen-bond acceptors (Lipinski definition) is 2. The first kappa shape index (κ1) is 20.4. The van der Waals surface area contributed by atoms with Crippen LogP contribution in [0.3, 0.4) is 0 Å². The summed E-state index contributed by atoms with van der Waals surface area (Å²) in [5.74, 6) is 0.495. The molecular weight excluding hydrogens is 350 g/mol. The molecule has 1 aliphatic heterocycles. The number of hydrogen-bond donors (Lipinski definition) is 1. The first-order chi connectivity index (χ1) is 13.3. The lowest BCUT2D eigenvalue weighted by molar-refractivity contribution is -0.136. The summed E-state index contributed by atoms with van der Waals surface area (Å²) in [6.45, 7) is 12.5. The van der Waals surface area contributed by atoms with Gasteiger partial charge in [-0.2, -0.15) is 0 Å². The molecule has 0 radical (unpaired) electrons. The zero-order valence-electron chi connectivity index (χ0n) is 17.5. The van der Waals surface area contributed by atoms with Gasteiger partial charge in [-0.15, -0.1) is 0 Å². The Morgan fingerprint density at radius 2 is 1.68 bits per heavy atom. The van der Waals surface area contributed by atoms with E-state index >= 15 is 0 Å². The van der Waals surface area contributed by atoms with E-state index < -0.39 is 5.54 Å². The topological polar surface area (TPSA) is 52.7 Å². The number of amides is 3. The van der Waals surface area contributed by atoms with Crippen LogP contribution in [0.1, 0.15) is 57.6 Å². The molecule has 1 saturated carbocycles. The van der Waals surface area contributed by atoms with Gasteiger partial charge >= 0.3 is 6.03 Å². The van der Waals surface area contributed by atoms with E-state index in [0.717, 1.165) is 29.5 Å². The minimum absolute atomic E-state index is 0.0707. The van der Waals surface area contributed by atoms with Crippen LogP contribution in [0, 0.1) is 5.92 Å². The molecule has 0 aromatic heterocycles. The lowest BCUT2D eigenvalue weighted by Crippen LogP contribution is -2.56. The van der Waals surface area contributed by atoms with Gasteiger partial charge in [-0.25, -0.2) is 4.79 Å². The van der Waals surface area contributed by atoms with Crippen molar-refractivity contribution in [1.82, 2.24) is 15.1 Å². The average Bonchev–Trinajstić information content (AvgIpc) is 3.22. The van der Waals surface area contributed by atoms with Crippen LogP contribution in [0.25, 0.3) is 5.57 Å². The molecule has 5 nitrogen and oxygen atoms in total. The fraction of sp³-hybridized carbons (Fsp3) is 0.565. The van der Waals surface area contributed by atoms with Crippen molar-refractivity contribution in [2.24, 2.45) is 5.92 Å². The molecule has 152 valence electrons. The number of benzene rings is 1. The molecule has 1 aliphatic carbocycles. The summed E-state index contributed by atoms with van der Waals surface area (Å²) in [7, 11) is 0. The van der Waals surface area contributed by atoms with Gasteiger partial charge in [0.2, 0.25) is 5.91 Å². The van der Waals surface area contributed by atoms with Crippen LogP contribution >= 0.6 is 0 Å². The minimum atomic E-state index is -0.487. The molecule has 0 bridgehead atoms. The molecule has 0 atom stereocenters. The zero-order chi connectivity index (χ0) is 20.3. The number of urea groups is 1. The summed E-state index contributed by atoms with van der Waals surface area (Å²) in [6, 6.07) is 8.08. The number of carbonyl (C=O) groups excluding carboxylic acids is 2. The number of allylic oxidation sites excluding steroid dienone is 1. The zero-order valence-corrected chi connectivity index (χ0v) is 17.5. The number of nitrogens with zero attached hydrogens (tertiary/aromatic N) is 2. The van der Waals surface area contributed by atoms with Gasteiger partial charge in [-0.1, -0.05) is 43.2 Å². The van der Waals surface area contributed by atoms with E-state index in [-0.39, 0.29) is 17.9 Å². The molecule has 28 heavy (non-hydrogen) atoms. The molecule has 1 heterocycles. The number of carbonyl (C=O) groups is 2. The third kappa shape index (κ3) is 4.57. The Hall–Kier alpha value is -2.30. The Morgan fingerprint density at radius 1 is 1.07 bits per heavy atom. The molecule has 0 unspecified atom stereocenters. The summed E-state index contributed by atoms with van der Waals surface area (Å²) in [4.78, 5) is 29.2. The molecule has 2 fully saturated rings. The minimum Gasteiger partial charge on any atom is -0.339 e. The van der Waals surface area contributed by atoms with Crippen molar-refractivity contribution in [1.29, 1.82) is 0 Å². The quantitative estimate of drug-likeness (QED) is 0.854. The highest BCUT2D eigenvalue weighted by atomic mass is 16.2. The van der Waals surface area contributed by atoms with E-state index in [1.165, 1.54) is 12.8 Å². The summed E-state index contributed by atoms with van der Waals surface area (Å²) in [5, 5.41) is 3.16. The van der Waals surface area contributed by atoms with Crippen molar-refractivity contribution in [2.75, 3.05) is 26.2 Å². The SMILES string of the molecule is C=C(C)c1cccc(C(C)(C)NC(=O)N2CCN(C(=O)C3CCCC3)CC2)c1. The summed E-state index contributed by atoms with van der Waals surface area (Å²) < 4.78 is 0. The van der Waals surface area contributed by atoms with E-state index in [4.69, 9.17) is 0 Å². The van der Waals surface area contributed by atoms with Crippen molar-refractivity contribution in [2.45, 2.75) is 52.0 Å². The van der Waals surface area contributed by atoms with Crippen molar-refractivity contribution < 1.29 is 9.59 Å². The molecular formula is C23H33N3O2. The van der Waals surface area contributed by atoms with E-state index in [0.29, 0.717) is 26.2 Å². The molecule has 3 amide bonds. The Balaban J connectivity index is 1.57. The van der Waals surface area contributed by atoms with Gasteiger partial charge in [0.25, 0.3) is 0 Å². The lowest BCUT2D eigenvalue weighted by atomic mass is 9.92. The smallest absolute Gasteiger partial charge is 0.318 e. The standard InChI is InChI=1S/C23H33N3O2/c1-17(2)19-10-7-11-20(16-19)23(3,4)24-22(28)26-14-12-25(13-15-26)21(27)18-8-5-6-9-18/h7,10-11,16,18H,1,5-6,8-9,12-15H2,2-4H3,(H,24,28). The molecule has 5 heteroatoms. The van der Waals surface area contributed by atoms with Crippen LogP contribution in [0.15, 0.2) is 30.8 Å².